The number of hydrogen-bond acceptors (Lipinski definition) is 4. The van der Waals surface area contributed by atoms with Crippen LogP contribution in [0.15, 0.2) is 42.5 Å². The van der Waals surface area contributed by atoms with Crippen LogP contribution in [0, 0.1) is 6.92 Å². The molecule has 0 saturated heterocycles. The molecule has 1 aromatic heterocycles. The van der Waals surface area contributed by atoms with Crippen LogP contribution in [-0.4, -0.2) is 18.1 Å². The maximum Gasteiger partial charge on any atom is 0.146 e. The van der Waals surface area contributed by atoms with Gasteiger partial charge in [-0.1, -0.05) is 35.9 Å². The van der Waals surface area contributed by atoms with Crippen LogP contribution in [0.4, 0.5) is 0 Å². The van der Waals surface area contributed by atoms with E-state index < -0.39 is 0 Å². The summed E-state index contributed by atoms with van der Waals surface area (Å²) in [7, 11) is 0. The van der Waals surface area contributed by atoms with Crippen LogP contribution in [0.2, 0.25) is 0 Å². The lowest BCUT2D eigenvalue weighted by Gasteiger charge is -2.05. The Hall–Kier alpha value is -1.91. The van der Waals surface area contributed by atoms with Crippen molar-refractivity contribution < 1.29 is 4.74 Å². The molecule has 4 heteroatoms. The van der Waals surface area contributed by atoms with Gasteiger partial charge in [0.2, 0.25) is 0 Å². The Morgan fingerprint density at radius 3 is 2.71 bits per heavy atom. The summed E-state index contributed by atoms with van der Waals surface area (Å²) in [6, 6.07) is 14.5. The van der Waals surface area contributed by atoms with Gasteiger partial charge in [0.15, 0.2) is 0 Å². The van der Waals surface area contributed by atoms with Crippen molar-refractivity contribution in [3.63, 3.8) is 0 Å². The van der Waals surface area contributed by atoms with E-state index in [0.717, 1.165) is 33.0 Å². The van der Waals surface area contributed by atoms with E-state index in [1.807, 2.05) is 12.1 Å². The summed E-state index contributed by atoms with van der Waals surface area (Å²) in [5.41, 5.74) is 8.85. The Bertz CT molecular complexity index is 734. The molecule has 0 bridgehead atoms. The third-order valence-corrected chi connectivity index (χ3v) is 4.36. The van der Waals surface area contributed by atoms with E-state index in [0.29, 0.717) is 13.2 Å². The van der Waals surface area contributed by atoms with Gasteiger partial charge in [-0.25, -0.2) is 4.98 Å². The molecule has 21 heavy (non-hydrogen) atoms. The Morgan fingerprint density at radius 2 is 1.95 bits per heavy atom. The zero-order chi connectivity index (χ0) is 14.7. The summed E-state index contributed by atoms with van der Waals surface area (Å²) in [6.45, 7) is 3.36. The molecule has 0 unspecified atom stereocenters. The number of fused-ring (bicyclic) bond motifs is 1. The number of ether oxygens (including phenoxy) is 1. The fourth-order valence-electron chi connectivity index (χ4n) is 2.12. The molecule has 0 atom stereocenters. The minimum absolute atomic E-state index is 0.632. The van der Waals surface area contributed by atoms with E-state index in [9.17, 15) is 0 Å². The first-order valence-electron chi connectivity index (χ1n) is 7.07. The lowest BCUT2D eigenvalue weighted by atomic mass is 10.2. The molecular formula is C17H18N2OS. The van der Waals surface area contributed by atoms with Crippen molar-refractivity contribution in [1.29, 1.82) is 0 Å². The normalized spacial score (nSPS) is 11.0. The highest BCUT2D eigenvalue weighted by Gasteiger charge is 2.10. The van der Waals surface area contributed by atoms with Crippen LogP contribution < -0.4 is 10.5 Å². The van der Waals surface area contributed by atoms with Gasteiger partial charge in [-0.2, -0.15) is 0 Å². The third-order valence-electron chi connectivity index (χ3n) is 3.29. The summed E-state index contributed by atoms with van der Waals surface area (Å²) in [4.78, 5) is 4.75. The minimum atomic E-state index is 0.632. The lowest BCUT2D eigenvalue weighted by Crippen LogP contribution is -2.06. The van der Waals surface area contributed by atoms with Crippen molar-refractivity contribution >= 4 is 21.6 Å². The summed E-state index contributed by atoms with van der Waals surface area (Å²) in [5.74, 6) is 0.843. The molecule has 2 N–H and O–H groups in total. The highest BCUT2D eigenvalue weighted by molar-refractivity contribution is 7.21. The predicted molar refractivity (Wildman–Crippen MR) is 89.0 cm³/mol. The van der Waals surface area contributed by atoms with Crippen molar-refractivity contribution in [3.8, 4) is 16.3 Å². The second kappa shape index (κ2) is 6.24. The lowest BCUT2D eigenvalue weighted by molar-refractivity contribution is 0.316. The molecule has 0 amide bonds. The molecule has 0 saturated carbocycles. The Kier molecular flexibility index (Phi) is 4.18. The van der Waals surface area contributed by atoms with Gasteiger partial charge < -0.3 is 10.5 Å². The van der Waals surface area contributed by atoms with Gasteiger partial charge in [-0.15, -0.1) is 11.3 Å². The number of rotatable bonds is 5. The van der Waals surface area contributed by atoms with Crippen molar-refractivity contribution in [3.05, 3.63) is 48.0 Å². The maximum atomic E-state index is 5.79. The first-order valence-corrected chi connectivity index (χ1v) is 7.89. The second-order valence-corrected chi connectivity index (χ2v) is 6.01. The molecule has 0 fully saturated rings. The van der Waals surface area contributed by atoms with E-state index in [4.69, 9.17) is 15.5 Å². The molecule has 1 heterocycles. The maximum absolute atomic E-state index is 5.79. The number of aryl methyl sites for hydroxylation is 1. The Labute approximate surface area is 128 Å². The third kappa shape index (κ3) is 3.06. The Morgan fingerprint density at radius 1 is 1.14 bits per heavy atom. The van der Waals surface area contributed by atoms with Gasteiger partial charge in [0.1, 0.15) is 16.3 Å². The highest BCUT2D eigenvalue weighted by atomic mass is 32.1. The van der Waals surface area contributed by atoms with E-state index in [1.54, 1.807) is 11.3 Å². The van der Waals surface area contributed by atoms with Crippen LogP contribution in [-0.2, 0) is 0 Å². The van der Waals surface area contributed by atoms with E-state index >= 15 is 0 Å². The van der Waals surface area contributed by atoms with Gasteiger partial charge >= 0.3 is 0 Å². The van der Waals surface area contributed by atoms with E-state index in [-0.39, 0.29) is 0 Å². The van der Waals surface area contributed by atoms with Crippen LogP contribution in [0.25, 0.3) is 20.8 Å². The molecule has 2 aromatic carbocycles. The summed E-state index contributed by atoms with van der Waals surface area (Å²) < 4.78 is 6.94. The zero-order valence-corrected chi connectivity index (χ0v) is 12.8. The van der Waals surface area contributed by atoms with E-state index in [1.165, 1.54) is 5.56 Å². The molecule has 108 valence electrons. The van der Waals surface area contributed by atoms with Gasteiger partial charge in [0.25, 0.3) is 0 Å². The molecule has 0 spiro atoms. The van der Waals surface area contributed by atoms with Crippen molar-refractivity contribution in [2.45, 2.75) is 13.3 Å². The molecule has 0 aliphatic heterocycles. The van der Waals surface area contributed by atoms with Crippen LogP contribution in [0.5, 0.6) is 5.75 Å². The first kappa shape index (κ1) is 14.0. The fraction of sp³-hybridized carbons (Fsp3) is 0.235. The molecule has 0 aliphatic carbocycles. The van der Waals surface area contributed by atoms with Gasteiger partial charge in [-0.3, -0.25) is 0 Å². The number of nitrogens with zero attached hydrogens (tertiary/aromatic N) is 1. The molecule has 0 radical (unpaired) electrons. The number of aromatic nitrogens is 1. The van der Waals surface area contributed by atoms with Gasteiger partial charge in [0.05, 0.1) is 11.3 Å². The number of para-hydroxylation sites is 1. The number of thiazole rings is 1. The quantitative estimate of drug-likeness (QED) is 0.724. The van der Waals surface area contributed by atoms with Crippen molar-refractivity contribution in [1.82, 2.24) is 4.98 Å². The first-order chi connectivity index (χ1) is 10.3. The van der Waals surface area contributed by atoms with Crippen molar-refractivity contribution in [2.24, 2.45) is 5.73 Å². The molecular weight excluding hydrogens is 280 g/mol. The zero-order valence-electron chi connectivity index (χ0n) is 12.0. The fourth-order valence-corrected chi connectivity index (χ4v) is 3.11. The SMILES string of the molecule is Cc1ccc(-c2nc3c(OCCCN)cccc3s2)cc1. The van der Waals surface area contributed by atoms with Crippen molar-refractivity contribution in [2.75, 3.05) is 13.2 Å². The summed E-state index contributed by atoms with van der Waals surface area (Å²) >= 11 is 1.69. The van der Waals surface area contributed by atoms with Crippen LogP contribution in [0.3, 0.4) is 0 Å². The van der Waals surface area contributed by atoms with Gasteiger partial charge in [-0.05, 0) is 32.0 Å². The molecule has 0 aliphatic rings. The predicted octanol–water partition coefficient (Wildman–Crippen LogP) is 4.00. The van der Waals surface area contributed by atoms with Gasteiger partial charge in [0, 0.05) is 5.56 Å². The Balaban J connectivity index is 1.95. The minimum Gasteiger partial charge on any atom is -0.491 e. The molecule has 3 rings (SSSR count). The smallest absolute Gasteiger partial charge is 0.146 e. The average Bonchev–Trinajstić information content (AvgIpc) is 2.93. The summed E-state index contributed by atoms with van der Waals surface area (Å²) in [6.07, 6.45) is 0.853. The second-order valence-electron chi connectivity index (χ2n) is 4.98. The number of hydrogen-bond donors (Lipinski definition) is 1. The number of nitrogens with two attached hydrogens (primary N) is 1. The summed E-state index contributed by atoms with van der Waals surface area (Å²) in [5, 5.41) is 1.03. The topological polar surface area (TPSA) is 48.1 Å². The molecule has 3 aromatic rings. The monoisotopic (exact) mass is 298 g/mol. The standard InChI is InChI=1S/C17H18N2OS/c1-12-6-8-13(9-7-12)17-19-16-14(20-11-3-10-18)4-2-5-15(16)21-17/h2,4-9H,3,10-11,18H2,1H3. The van der Waals surface area contributed by atoms with E-state index in [2.05, 4.69) is 37.3 Å². The van der Waals surface area contributed by atoms with Crippen LogP contribution >= 0.6 is 11.3 Å². The number of benzene rings is 2. The highest BCUT2D eigenvalue weighted by Crippen LogP contribution is 2.34. The molecule has 3 nitrogen and oxygen atoms in total. The van der Waals surface area contributed by atoms with Crippen LogP contribution in [0.1, 0.15) is 12.0 Å². The average molecular weight is 298 g/mol. The largest absolute Gasteiger partial charge is 0.491 e.